The fourth-order valence-corrected chi connectivity index (χ4v) is 2.93. The molecule has 0 bridgehead atoms. The maximum absolute atomic E-state index is 12.9. The number of nitrogens with one attached hydrogen (secondary N) is 1. The smallest absolute Gasteiger partial charge is 0.330 e. The number of aromatic nitrogens is 3. The summed E-state index contributed by atoms with van der Waals surface area (Å²) < 4.78 is 1.22. The SMILES string of the molecule is CCN(C(=O)c1ccc(Cl)nc1)c1c(N)n(Cc2ccccc2)c(=O)[nH]c1=O. The zero-order valence-corrected chi connectivity index (χ0v) is 15.8. The van der Waals surface area contributed by atoms with Gasteiger partial charge < -0.3 is 10.6 Å². The van der Waals surface area contributed by atoms with Crippen LogP contribution in [0.25, 0.3) is 0 Å². The highest BCUT2D eigenvalue weighted by Crippen LogP contribution is 2.20. The zero-order valence-electron chi connectivity index (χ0n) is 15.1. The molecule has 3 rings (SSSR count). The lowest BCUT2D eigenvalue weighted by Gasteiger charge is -2.23. The van der Waals surface area contributed by atoms with Crippen LogP contribution in [0.1, 0.15) is 22.8 Å². The number of pyridine rings is 1. The second-order valence-corrected chi connectivity index (χ2v) is 6.37. The first-order valence-corrected chi connectivity index (χ1v) is 8.90. The number of amides is 1. The molecule has 1 aromatic carbocycles. The average Bonchev–Trinajstić information content (AvgIpc) is 2.69. The van der Waals surface area contributed by atoms with Gasteiger partial charge in [-0.1, -0.05) is 41.9 Å². The van der Waals surface area contributed by atoms with Crippen molar-refractivity contribution in [3.63, 3.8) is 0 Å². The Bertz CT molecular complexity index is 1110. The number of nitrogen functional groups attached to an aromatic ring is 1. The van der Waals surface area contributed by atoms with Crippen LogP contribution in [0.2, 0.25) is 5.15 Å². The van der Waals surface area contributed by atoms with Crippen LogP contribution in [0, 0.1) is 0 Å². The van der Waals surface area contributed by atoms with Gasteiger partial charge in [0, 0.05) is 12.7 Å². The second-order valence-electron chi connectivity index (χ2n) is 5.98. The van der Waals surface area contributed by atoms with Gasteiger partial charge in [-0.2, -0.15) is 0 Å². The third-order valence-electron chi connectivity index (χ3n) is 4.20. The Morgan fingerprint density at radius 2 is 1.93 bits per heavy atom. The lowest BCUT2D eigenvalue weighted by molar-refractivity contribution is 0.0987. The number of benzene rings is 1. The summed E-state index contributed by atoms with van der Waals surface area (Å²) in [5.41, 5.74) is 5.76. The molecule has 144 valence electrons. The van der Waals surface area contributed by atoms with Gasteiger partial charge in [0.05, 0.1) is 12.1 Å². The van der Waals surface area contributed by atoms with Gasteiger partial charge in [-0.15, -0.1) is 0 Å². The van der Waals surface area contributed by atoms with Crippen molar-refractivity contribution >= 4 is 29.0 Å². The lowest BCUT2D eigenvalue weighted by atomic mass is 10.2. The molecule has 0 fully saturated rings. The summed E-state index contributed by atoms with van der Waals surface area (Å²) in [6, 6.07) is 12.2. The van der Waals surface area contributed by atoms with Crippen molar-refractivity contribution in [1.82, 2.24) is 14.5 Å². The van der Waals surface area contributed by atoms with E-state index in [-0.39, 0.29) is 35.3 Å². The molecule has 9 heteroatoms. The van der Waals surface area contributed by atoms with Gasteiger partial charge in [-0.3, -0.25) is 19.1 Å². The maximum atomic E-state index is 12.9. The summed E-state index contributed by atoms with van der Waals surface area (Å²) >= 11 is 5.76. The first kappa shape index (κ1) is 19.4. The number of anilines is 2. The molecule has 8 nitrogen and oxygen atoms in total. The summed E-state index contributed by atoms with van der Waals surface area (Å²) in [4.78, 5) is 45.0. The number of carbonyl (C=O) groups is 1. The largest absolute Gasteiger partial charge is 0.383 e. The number of rotatable bonds is 5. The first-order valence-electron chi connectivity index (χ1n) is 8.52. The predicted octanol–water partition coefficient (Wildman–Crippen LogP) is 1.88. The van der Waals surface area contributed by atoms with Crippen molar-refractivity contribution in [3.05, 3.63) is 85.8 Å². The van der Waals surface area contributed by atoms with Gasteiger partial charge >= 0.3 is 5.69 Å². The van der Waals surface area contributed by atoms with E-state index in [4.69, 9.17) is 17.3 Å². The van der Waals surface area contributed by atoms with E-state index in [2.05, 4.69) is 9.97 Å². The van der Waals surface area contributed by atoms with Crippen LogP contribution >= 0.6 is 11.6 Å². The monoisotopic (exact) mass is 399 g/mol. The Balaban J connectivity index is 2.07. The van der Waals surface area contributed by atoms with Gasteiger partial charge in [-0.05, 0) is 24.6 Å². The van der Waals surface area contributed by atoms with Crippen molar-refractivity contribution in [1.29, 1.82) is 0 Å². The molecule has 2 heterocycles. The summed E-state index contributed by atoms with van der Waals surface area (Å²) in [5.74, 6) is -0.566. The molecule has 0 saturated heterocycles. The Morgan fingerprint density at radius 3 is 2.54 bits per heavy atom. The van der Waals surface area contributed by atoms with E-state index in [0.29, 0.717) is 0 Å². The van der Waals surface area contributed by atoms with Crippen LogP contribution < -0.4 is 21.9 Å². The van der Waals surface area contributed by atoms with Crippen LogP contribution in [0.15, 0.2) is 58.3 Å². The number of hydrogen-bond acceptors (Lipinski definition) is 5. The predicted molar refractivity (Wildman–Crippen MR) is 108 cm³/mol. The number of aromatic amines is 1. The third kappa shape index (κ3) is 3.81. The minimum Gasteiger partial charge on any atom is -0.383 e. The highest BCUT2D eigenvalue weighted by Gasteiger charge is 2.24. The quantitative estimate of drug-likeness (QED) is 0.636. The minimum atomic E-state index is -0.732. The van der Waals surface area contributed by atoms with Crippen molar-refractivity contribution < 1.29 is 4.79 Å². The fourth-order valence-electron chi connectivity index (χ4n) is 2.82. The molecule has 2 aromatic heterocycles. The van der Waals surface area contributed by atoms with E-state index in [1.54, 1.807) is 6.92 Å². The Labute approximate surface area is 165 Å². The van der Waals surface area contributed by atoms with Crippen molar-refractivity contribution in [2.45, 2.75) is 13.5 Å². The molecule has 3 N–H and O–H groups in total. The lowest BCUT2D eigenvalue weighted by Crippen LogP contribution is -2.41. The molecule has 0 aliphatic heterocycles. The molecule has 0 aliphatic carbocycles. The molecule has 0 atom stereocenters. The molecular weight excluding hydrogens is 382 g/mol. The van der Waals surface area contributed by atoms with Gasteiger partial charge in [0.1, 0.15) is 11.0 Å². The summed E-state index contributed by atoms with van der Waals surface area (Å²) in [6.45, 7) is 2.02. The van der Waals surface area contributed by atoms with E-state index in [9.17, 15) is 14.4 Å². The van der Waals surface area contributed by atoms with Crippen LogP contribution in [-0.4, -0.2) is 27.0 Å². The standard InChI is InChI=1S/C19H18ClN5O3/c1-2-24(18(27)13-8-9-14(20)22-10-13)15-16(21)25(19(28)23-17(15)26)11-12-6-4-3-5-7-12/h3-10H,2,11,21H2,1H3,(H,23,26,28). The highest BCUT2D eigenvalue weighted by molar-refractivity contribution is 6.29. The number of carbonyl (C=O) groups excluding carboxylic acids is 1. The van der Waals surface area contributed by atoms with E-state index in [0.717, 1.165) is 5.56 Å². The molecule has 0 saturated carbocycles. The van der Waals surface area contributed by atoms with Crippen molar-refractivity contribution in [2.75, 3.05) is 17.2 Å². The average molecular weight is 400 g/mol. The van der Waals surface area contributed by atoms with Gasteiger partial charge in [0.15, 0.2) is 5.69 Å². The normalized spacial score (nSPS) is 10.6. The molecule has 0 unspecified atom stereocenters. The molecule has 0 aliphatic rings. The van der Waals surface area contributed by atoms with Gasteiger partial charge in [0.25, 0.3) is 11.5 Å². The zero-order chi connectivity index (χ0) is 20.3. The second kappa shape index (κ2) is 8.10. The van der Waals surface area contributed by atoms with E-state index < -0.39 is 17.2 Å². The minimum absolute atomic E-state index is 0.0852. The number of nitrogens with zero attached hydrogens (tertiary/aromatic N) is 3. The molecule has 3 aromatic rings. The Kier molecular flexibility index (Phi) is 5.60. The summed E-state index contributed by atoms with van der Waals surface area (Å²) in [6.07, 6.45) is 1.32. The highest BCUT2D eigenvalue weighted by atomic mass is 35.5. The third-order valence-corrected chi connectivity index (χ3v) is 4.43. The fraction of sp³-hybridized carbons (Fsp3) is 0.158. The molecule has 0 spiro atoms. The number of H-pyrrole nitrogens is 1. The molecule has 28 heavy (non-hydrogen) atoms. The topological polar surface area (TPSA) is 114 Å². The molecule has 1 amide bonds. The maximum Gasteiger partial charge on any atom is 0.330 e. The number of halogens is 1. The Morgan fingerprint density at radius 1 is 1.21 bits per heavy atom. The van der Waals surface area contributed by atoms with Crippen molar-refractivity contribution in [2.24, 2.45) is 0 Å². The van der Waals surface area contributed by atoms with Crippen molar-refractivity contribution in [3.8, 4) is 0 Å². The number of hydrogen-bond donors (Lipinski definition) is 2. The summed E-state index contributed by atoms with van der Waals surface area (Å²) in [7, 11) is 0. The first-order chi connectivity index (χ1) is 13.4. The van der Waals surface area contributed by atoms with Crippen LogP contribution in [0.4, 0.5) is 11.5 Å². The van der Waals surface area contributed by atoms with Gasteiger partial charge in [-0.25, -0.2) is 9.78 Å². The van der Waals surface area contributed by atoms with Crippen LogP contribution in [0.5, 0.6) is 0 Å². The van der Waals surface area contributed by atoms with E-state index >= 15 is 0 Å². The van der Waals surface area contributed by atoms with Crippen LogP contribution in [-0.2, 0) is 6.54 Å². The molecule has 0 radical (unpaired) electrons. The van der Waals surface area contributed by atoms with E-state index in [1.165, 1.54) is 27.8 Å². The van der Waals surface area contributed by atoms with Crippen LogP contribution in [0.3, 0.4) is 0 Å². The van der Waals surface area contributed by atoms with E-state index in [1.807, 2.05) is 30.3 Å². The Hall–Kier alpha value is -3.39. The molecular formula is C19H18ClN5O3. The van der Waals surface area contributed by atoms with Gasteiger partial charge in [0.2, 0.25) is 0 Å². The summed E-state index contributed by atoms with van der Waals surface area (Å²) in [5, 5.41) is 0.244. The number of nitrogens with two attached hydrogens (primary N) is 1.